The molecule has 6 rings (SSSR count). The lowest BCUT2D eigenvalue weighted by Crippen LogP contribution is -2.26. The third-order valence-corrected chi connectivity index (χ3v) is 15.1. The van der Waals surface area contributed by atoms with E-state index in [1.54, 1.807) is 55.5 Å². The molecule has 6 aromatic rings. The van der Waals surface area contributed by atoms with Gasteiger partial charge in [-0.15, -0.1) is 20.5 Å². The molecule has 2 amide bonds. The smallest absolute Gasteiger partial charge is 0.305 e. The molecule has 0 saturated carbocycles. The van der Waals surface area contributed by atoms with Crippen LogP contribution in [0.25, 0.3) is 5.82 Å². The second-order valence-electron chi connectivity index (χ2n) is 24.6. The summed E-state index contributed by atoms with van der Waals surface area (Å²) >= 11 is 17.1. The van der Waals surface area contributed by atoms with Gasteiger partial charge in [0, 0.05) is 75.1 Å². The summed E-state index contributed by atoms with van der Waals surface area (Å²) in [4.78, 5) is 60.8. The molecule has 0 radical (unpaired) electrons. The van der Waals surface area contributed by atoms with Crippen molar-refractivity contribution in [1.82, 2.24) is 29.9 Å². The highest BCUT2D eigenvalue weighted by atomic mass is 35.5. The molecule has 0 saturated heterocycles. The van der Waals surface area contributed by atoms with E-state index in [2.05, 4.69) is 87.0 Å². The van der Waals surface area contributed by atoms with Crippen molar-refractivity contribution in [1.29, 1.82) is 10.5 Å². The maximum Gasteiger partial charge on any atom is 0.305 e. The first-order valence-electron chi connectivity index (χ1n) is 32.8. The number of pyridine rings is 2. The lowest BCUT2D eigenvalue weighted by molar-refractivity contribution is -0.144. The number of rotatable bonds is 33. The van der Waals surface area contributed by atoms with Gasteiger partial charge in [0.15, 0.2) is 11.6 Å². The SMILES string of the molecule is CCCCCCCCN(CCCC(=O)OCC)c1ccc(N=Nc2c(C#N)c(C(C)(C)C)nn2-c2cccc(Cl)n2)c(NC(C)=O)c1.CCCCCCCCN(CCCC(=O)OCC)c1ccc(N=Nc2n[nH]c(C(C)(C)C)c2C#N)c(NC(C)=O)c1.Clc1cccc(Cl)n1. The van der Waals surface area contributed by atoms with Gasteiger partial charge in [0.2, 0.25) is 17.6 Å². The van der Waals surface area contributed by atoms with Crippen LogP contribution in [0.1, 0.15) is 208 Å². The van der Waals surface area contributed by atoms with E-state index in [1.165, 1.54) is 69.9 Å². The quantitative estimate of drug-likeness (QED) is 0.0149. The molecule has 0 spiro atoms. The van der Waals surface area contributed by atoms with Gasteiger partial charge >= 0.3 is 11.9 Å². The van der Waals surface area contributed by atoms with Crippen molar-refractivity contribution in [3.63, 3.8) is 0 Å². The molecule has 512 valence electrons. The molecule has 4 aromatic heterocycles. The Morgan fingerprint density at radius 1 is 0.568 bits per heavy atom. The molecular formula is C70H95Cl3N16O6. The minimum atomic E-state index is -0.463. The number of hydrogen-bond acceptors (Lipinski definition) is 18. The van der Waals surface area contributed by atoms with Gasteiger partial charge < -0.3 is 29.9 Å². The average molecular weight is 1360 g/mol. The number of anilines is 4. The number of amides is 2. The Morgan fingerprint density at radius 2 is 1.01 bits per heavy atom. The molecule has 0 bridgehead atoms. The third-order valence-electron chi connectivity index (χ3n) is 14.5. The number of esters is 2. The molecule has 0 fully saturated rings. The summed E-state index contributed by atoms with van der Waals surface area (Å²) < 4.78 is 11.7. The molecule has 0 aliphatic rings. The Bertz CT molecular complexity index is 3540. The van der Waals surface area contributed by atoms with Gasteiger partial charge in [-0.3, -0.25) is 24.3 Å². The Morgan fingerprint density at radius 3 is 1.42 bits per heavy atom. The summed E-state index contributed by atoms with van der Waals surface area (Å²) in [6.07, 6.45) is 16.1. The van der Waals surface area contributed by atoms with Gasteiger partial charge in [0.05, 0.1) is 36.0 Å². The first kappa shape index (κ1) is 79.1. The van der Waals surface area contributed by atoms with Crippen molar-refractivity contribution >= 4 is 104 Å². The van der Waals surface area contributed by atoms with Crippen molar-refractivity contribution in [3.05, 3.63) is 111 Å². The van der Waals surface area contributed by atoms with Crippen LogP contribution in [-0.4, -0.2) is 93.1 Å². The molecule has 25 heteroatoms. The van der Waals surface area contributed by atoms with Crippen molar-refractivity contribution < 1.29 is 28.7 Å². The number of carbonyl (C=O) groups is 4. The van der Waals surface area contributed by atoms with E-state index in [9.17, 15) is 29.7 Å². The largest absolute Gasteiger partial charge is 0.466 e. The van der Waals surface area contributed by atoms with Crippen LogP contribution >= 0.6 is 34.8 Å². The van der Waals surface area contributed by atoms with Crippen LogP contribution in [0.5, 0.6) is 0 Å². The van der Waals surface area contributed by atoms with E-state index in [0.29, 0.717) is 108 Å². The molecule has 0 atom stereocenters. The van der Waals surface area contributed by atoms with Crippen LogP contribution in [0.4, 0.5) is 45.8 Å². The Labute approximate surface area is 576 Å². The number of nitrogens with one attached hydrogen (secondary N) is 3. The molecule has 95 heavy (non-hydrogen) atoms. The predicted octanol–water partition coefficient (Wildman–Crippen LogP) is 18.8. The van der Waals surface area contributed by atoms with Gasteiger partial charge in [-0.25, -0.2) is 9.97 Å². The van der Waals surface area contributed by atoms with Crippen molar-refractivity contribution in [2.45, 2.75) is 197 Å². The fourth-order valence-electron chi connectivity index (χ4n) is 9.84. The van der Waals surface area contributed by atoms with Crippen LogP contribution in [0.15, 0.2) is 93.3 Å². The minimum absolute atomic E-state index is 0.193. The number of halogens is 3. The van der Waals surface area contributed by atoms with E-state index < -0.39 is 5.41 Å². The monoisotopic (exact) mass is 1360 g/mol. The Hall–Kier alpha value is -8.31. The van der Waals surface area contributed by atoms with Crippen LogP contribution in [0, 0.1) is 22.7 Å². The molecule has 2 aromatic carbocycles. The summed E-state index contributed by atoms with van der Waals surface area (Å²) in [5, 5.41) is 56.1. The maximum atomic E-state index is 12.3. The fourth-order valence-corrected chi connectivity index (χ4v) is 10.4. The predicted molar refractivity (Wildman–Crippen MR) is 379 cm³/mol. The van der Waals surface area contributed by atoms with Gasteiger partial charge in [-0.05, 0) is 100 Å². The standard InChI is InChI=1S/C35H47ClN8O3.C30H45N7O3.C5H3Cl2N/c1-7-9-10-11-12-13-21-43(22-15-18-32(46)47-8-2)26-19-20-28(29(23-26)38-25(3)45)40-41-34-27(24-37)33(35(4,5)6)42-44(34)31-17-14-16-30(36)39-31;1-7-9-10-11-12-13-18-37(19-14-15-27(39)40-8-2)23-16-17-25(26(20-23)32-22(3)38)33-35-29-24(21-31)28(34-36-29)30(4,5)6;6-4-2-1-3-5(7)8-4/h14,16-17,19-20,23H,7-13,15,18,21-22H2,1-6H3,(H,38,45);16-17,20H,7-15,18-19H2,1-6H3,(H,32,38)(H,34,36);1-3H. The zero-order valence-corrected chi connectivity index (χ0v) is 59.6. The average Bonchev–Trinajstić information content (AvgIpc) is 1.65. The van der Waals surface area contributed by atoms with Crippen molar-refractivity contribution in [2.75, 3.05) is 59.8 Å². The third kappa shape index (κ3) is 27.9. The van der Waals surface area contributed by atoms with Crippen molar-refractivity contribution in [2.24, 2.45) is 20.5 Å². The fraction of sp³-hybridized carbons (Fsp3) is 0.514. The number of nitriles is 2. The highest BCUT2D eigenvalue weighted by molar-refractivity contribution is 6.32. The van der Waals surface area contributed by atoms with E-state index in [0.717, 1.165) is 50.1 Å². The minimum Gasteiger partial charge on any atom is -0.466 e. The summed E-state index contributed by atoms with van der Waals surface area (Å²) in [6.45, 7) is 26.5. The summed E-state index contributed by atoms with van der Waals surface area (Å²) in [5.41, 5.74) is 4.74. The molecule has 0 unspecified atom stereocenters. The zero-order valence-electron chi connectivity index (χ0n) is 57.4. The molecule has 22 nitrogen and oxygen atoms in total. The lowest BCUT2D eigenvalue weighted by Gasteiger charge is -2.26. The number of benzene rings is 2. The highest BCUT2D eigenvalue weighted by Gasteiger charge is 2.29. The number of azo groups is 2. The molecular weight excluding hydrogens is 1270 g/mol. The Kier molecular flexibility index (Phi) is 34.6. The van der Waals surface area contributed by atoms with Crippen molar-refractivity contribution in [3.8, 4) is 18.0 Å². The topological polar surface area (TPSA) is 287 Å². The van der Waals surface area contributed by atoms with E-state index in [4.69, 9.17) is 49.4 Å². The number of unbranched alkanes of at least 4 members (excludes halogenated alkanes) is 10. The van der Waals surface area contributed by atoms with E-state index in [-0.39, 0.29) is 51.5 Å². The number of ether oxygens (including phenoxy) is 2. The van der Waals surface area contributed by atoms with Crippen LogP contribution in [-0.2, 0) is 39.5 Å². The molecule has 0 aliphatic carbocycles. The summed E-state index contributed by atoms with van der Waals surface area (Å²) in [6, 6.07) is 25.9. The first-order chi connectivity index (χ1) is 45.4. The van der Waals surface area contributed by atoms with Gasteiger partial charge in [0.25, 0.3) is 0 Å². The molecule has 4 heterocycles. The normalized spacial score (nSPS) is 11.3. The Balaban J connectivity index is 0.000000364. The summed E-state index contributed by atoms with van der Waals surface area (Å²) in [7, 11) is 0. The van der Waals surface area contributed by atoms with Crippen LogP contribution in [0.3, 0.4) is 0 Å². The van der Waals surface area contributed by atoms with Crippen LogP contribution in [0.2, 0.25) is 15.5 Å². The number of H-pyrrole nitrogens is 1. The second kappa shape index (κ2) is 41.5. The van der Waals surface area contributed by atoms with Gasteiger partial charge in [-0.2, -0.15) is 25.4 Å². The van der Waals surface area contributed by atoms with Gasteiger partial charge in [-0.1, -0.05) is 167 Å². The van der Waals surface area contributed by atoms with Crippen LogP contribution < -0.4 is 20.4 Å². The number of carbonyl (C=O) groups excluding carboxylic acids is 4. The number of aromatic nitrogens is 6. The number of aromatic amines is 1. The first-order valence-corrected chi connectivity index (χ1v) is 33.9. The number of hydrogen-bond donors (Lipinski definition) is 3. The zero-order chi connectivity index (χ0) is 69.9. The highest BCUT2D eigenvalue weighted by Crippen LogP contribution is 2.38. The lowest BCUT2D eigenvalue weighted by atomic mass is 9.90. The van der Waals surface area contributed by atoms with Gasteiger partial charge in [0.1, 0.15) is 50.1 Å². The van der Waals surface area contributed by atoms with E-state index in [1.807, 2.05) is 72.7 Å². The second-order valence-corrected chi connectivity index (χ2v) is 25.7. The van der Waals surface area contributed by atoms with E-state index >= 15 is 0 Å². The summed E-state index contributed by atoms with van der Waals surface area (Å²) in [5.74, 6) is -0.0939. The maximum absolute atomic E-state index is 12.3. The molecule has 0 aliphatic heterocycles. The number of nitrogens with zero attached hydrogens (tertiary/aromatic N) is 13. The molecule has 3 N–H and O–H groups in total.